The number of ether oxygens (including phenoxy) is 3. The van der Waals surface area contributed by atoms with Crippen LogP contribution >= 0.6 is 15.9 Å². The average molecular weight is 456 g/mol. The molecule has 1 N–H and O–H groups in total. The smallest absolute Gasteiger partial charge is 0.368 e. The zero-order valence-electron chi connectivity index (χ0n) is 14.6. The van der Waals surface area contributed by atoms with Crippen LogP contribution in [0.25, 0.3) is 6.08 Å². The molecular formula is C16H14BrN3O8. The topological polar surface area (TPSA) is 146 Å². The maximum atomic E-state index is 11.7. The van der Waals surface area contributed by atoms with Crippen LogP contribution < -0.4 is 14.8 Å². The molecule has 12 heteroatoms. The van der Waals surface area contributed by atoms with Gasteiger partial charge in [0.25, 0.3) is 0 Å². The summed E-state index contributed by atoms with van der Waals surface area (Å²) < 4.78 is 15.6. The molecule has 0 saturated carbocycles. The van der Waals surface area contributed by atoms with Crippen molar-refractivity contribution in [3.8, 4) is 11.5 Å². The summed E-state index contributed by atoms with van der Waals surface area (Å²) in [5.74, 6) is -2.32. The molecule has 0 aromatic heterocycles. The van der Waals surface area contributed by atoms with Gasteiger partial charge in [-0.25, -0.2) is 4.79 Å². The van der Waals surface area contributed by atoms with Crippen LogP contribution in [0.15, 0.2) is 27.7 Å². The Kier molecular flexibility index (Phi) is 6.82. The summed E-state index contributed by atoms with van der Waals surface area (Å²) in [6.45, 7) is -0.308. The zero-order valence-corrected chi connectivity index (χ0v) is 16.2. The highest BCUT2D eigenvalue weighted by atomic mass is 79.9. The van der Waals surface area contributed by atoms with Crippen LogP contribution in [0.5, 0.6) is 11.5 Å². The van der Waals surface area contributed by atoms with Crippen molar-refractivity contribution < 1.29 is 33.5 Å². The number of amides is 2. The number of nitro groups is 1. The third kappa shape index (κ3) is 4.91. The fraction of sp³-hybridized carbons (Fsp3) is 0.250. The van der Waals surface area contributed by atoms with E-state index in [-0.39, 0.29) is 18.2 Å². The lowest BCUT2D eigenvalue weighted by atomic mass is 10.1. The number of carbonyl (C=O) groups is 3. The first kappa shape index (κ1) is 21.0. The number of nitrogens with one attached hydrogen (secondary N) is 1. The molecule has 0 bridgehead atoms. The minimum Gasteiger partial charge on any atom is -0.493 e. The van der Waals surface area contributed by atoms with Crippen LogP contribution in [-0.2, 0) is 19.1 Å². The van der Waals surface area contributed by atoms with Gasteiger partial charge in [-0.2, -0.15) is 4.99 Å². The first-order valence-electron chi connectivity index (χ1n) is 7.59. The Bertz CT molecular complexity index is 896. The van der Waals surface area contributed by atoms with E-state index in [1.54, 1.807) is 12.1 Å². The molecule has 1 aromatic rings. The predicted octanol–water partition coefficient (Wildman–Crippen LogP) is 0.723. The van der Waals surface area contributed by atoms with Crippen LogP contribution in [0.1, 0.15) is 5.56 Å². The highest BCUT2D eigenvalue weighted by Gasteiger charge is 2.41. The zero-order chi connectivity index (χ0) is 20.8. The summed E-state index contributed by atoms with van der Waals surface area (Å²) >= 11 is 3.33. The lowest BCUT2D eigenvalue weighted by Gasteiger charge is -2.13. The SMILES string of the molecule is COC(=O)COc1cc(Br)c(/C=C/C2=NC(=O)C([N+](=O)[O-])C(=O)N2)cc1OC. The maximum absolute atomic E-state index is 11.7. The van der Waals surface area contributed by atoms with Crippen LogP contribution in [0.4, 0.5) is 0 Å². The molecule has 148 valence electrons. The van der Waals surface area contributed by atoms with Gasteiger partial charge in [-0.3, -0.25) is 19.7 Å². The lowest BCUT2D eigenvalue weighted by molar-refractivity contribution is -0.493. The van der Waals surface area contributed by atoms with E-state index >= 15 is 0 Å². The number of aliphatic imine (C=N–C) groups is 1. The number of methoxy groups -OCH3 is 2. The molecule has 1 atom stereocenters. The first-order chi connectivity index (χ1) is 13.3. The Balaban J connectivity index is 2.23. The highest BCUT2D eigenvalue weighted by molar-refractivity contribution is 9.10. The van der Waals surface area contributed by atoms with Crippen molar-refractivity contribution in [1.29, 1.82) is 0 Å². The summed E-state index contributed by atoms with van der Waals surface area (Å²) in [6, 6.07) is 1.08. The van der Waals surface area contributed by atoms with E-state index in [2.05, 4.69) is 31.0 Å². The molecule has 0 saturated heterocycles. The van der Waals surface area contributed by atoms with Gasteiger partial charge in [0.05, 0.1) is 14.2 Å². The van der Waals surface area contributed by atoms with Crippen LogP contribution in [0.2, 0.25) is 0 Å². The molecule has 1 aromatic carbocycles. The number of nitrogens with zero attached hydrogens (tertiary/aromatic N) is 2. The second-order valence-electron chi connectivity index (χ2n) is 5.24. The van der Waals surface area contributed by atoms with E-state index in [9.17, 15) is 24.5 Å². The van der Waals surface area contributed by atoms with E-state index in [1.165, 1.54) is 26.4 Å². The molecule has 1 unspecified atom stereocenters. The van der Waals surface area contributed by atoms with Crippen molar-refractivity contribution in [2.45, 2.75) is 6.04 Å². The van der Waals surface area contributed by atoms with Gasteiger partial charge in [0.1, 0.15) is 5.84 Å². The number of hydrogen-bond donors (Lipinski definition) is 1. The van der Waals surface area contributed by atoms with Gasteiger partial charge in [0, 0.05) is 9.40 Å². The molecule has 0 spiro atoms. The molecule has 0 radical (unpaired) electrons. The van der Waals surface area contributed by atoms with Gasteiger partial charge in [-0.1, -0.05) is 22.0 Å². The third-order valence-corrected chi connectivity index (χ3v) is 4.14. The van der Waals surface area contributed by atoms with Crippen LogP contribution in [0, 0.1) is 10.1 Å². The van der Waals surface area contributed by atoms with Gasteiger partial charge >= 0.3 is 23.8 Å². The molecular weight excluding hydrogens is 442 g/mol. The van der Waals surface area contributed by atoms with Gasteiger partial charge in [0.2, 0.25) is 0 Å². The third-order valence-electron chi connectivity index (χ3n) is 3.45. The highest BCUT2D eigenvalue weighted by Crippen LogP contribution is 2.34. The number of hydrogen-bond acceptors (Lipinski definition) is 8. The summed E-state index contributed by atoms with van der Waals surface area (Å²) in [5.41, 5.74) is 0.558. The summed E-state index contributed by atoms with van der Waals surface area (Å²) in [7, 11) is 2.64. The minimum absolute atomic E-state index is 0.134. The first-order valence-corrected chi connectivity index (χ1v) is 8.38. The molecule has 2 amide bonds. The standard InChI is InChI=1S/C16H14BrN3O8/c1-26-10-5-8(9(17)6-11(10)28-7-13(21)27-2)3-4-12-18-15(22)14(20(24)25)16(23)19-12/h3-6,14H,7H2,1-2H3,(H,18,19,22,23)/b4-3+. The van der Waals surface area contributed by atoms with E-state index in [4.69, 9.17) is 9.47 Å². The normalized spacial score (nSPS) is 16.4. The summed E-state index contributed by atoms with van der Waals surface area (Å²) in [6.07, 6.45) is 2.80. The number of carbonyl (C=O) groups excluding carboxylic acids is 3. The van der Waals surface area contributed by atoms with E-state index in [0.29, 0.717) is 15.8 Å². The Morgan fingerprint density at radius 1 is 1.32 bits per heavy atom. The van der Waals surface area contributed by atoms with E-state index < -0.39 is 28.7 Å². The van der Waals surface area contributed by atoms with Crippen LogP contribution in [-0.4, -0.2) is 55.4 Å². The van der Waals surface area contributed by atoms with Crippen LogP contribution in [0.3, 0.4) is 0 Å². The van der Waals surface area contributed by atoms with Crippen molar-refractivity contribution >= 4 is 45.6 Å². The monoisotopic (exact) mass is 455 g/mol. The van der Waals surface area contributed by atoms with Gasteiger partial charge in [-0.15, -0.1) is 0 Å². The Morgan fingerprint density at radius 3 is 2.61 bits per heavy atom. The molecule has 1 aliphatic rings. The maximum Gasteiger partial charge on any atom is 0.368 e. The average Bonchev–Trinajstić information content (AvgIpc) is 2.64. The van der Waals surface area contributed by atoms with Crippen molar-refractivity contribution in [2.24, 2.45) is 4.99 Å². The van der Waals surface area contributed by atoms with Crippen molar-refractivity contribution in [3.63, 3.8) is 0 Å². The van der Waals surface area contributed by atoms with Crippen molar-refractivity contribution in [1.82, 2.24) is 5.32 Å². The number of rotatable bonds is 7. The molecule has 1 aliphatic heterocycles. The Morgan fingerprint density at radius 2 is 2.04 bits per heavy atom. The molecule has 0 fully saturated rings. The molecule has 2 rings (SSSR count). The van der Waals surface area contributed by atoms with E-state index in [0.717, 1.165) is 0 Å². The number of esters is 1. The molecule has 1 heterocycles. The van der Waals surface area contributed by atoms with Gasteiger partial charge in [-0.05, 0) is 23.8 Å². The van der Waals surface area contributed by atoms with Crippen molar-refractivity contribution in [2.75, 3.05) is 20.8 Å². The summed E-state index contributed by atoms with van der Waals surface area (Å²) in [4.78, 5) is 47.7. The Labute approximate surface area is 166 Å². The van der Waals surface area contributed by atoms with Crippen molar-refractivity contribution in [3.05, 3.63) is 38.4 Å². The largest absolute Gasteiger partial charge is 0.493 e. The van der Waals surface area contributed by atoms with Gasteiger partial charge < -0.3 is 19.5 Å². The second-order valence-corrected chi connectivity index (χ2v) is 6.09. The lowest BCUT2D eigenvalue weighted by Crippen LogP contribution is -2.50. The second kappa shape index (κ2) is 9.08. The predicted molar refractivity (Wildman–Crippen MR) is 98.6 cm³/mol. The number of halogens is 1. The minimum atomic E-state index is -2.05. The molecule has 28 heavy (non-hydrogen) atoms. The number of benzene rings is 1. The molecule has 0 aliphatic carbocycles. The fourth-order valence-electron chi connectivity index (χ4n) is 2.09. The molecule has 11 nitrogen and oxygen atoms in total. The fourth-order valence-corrected chi connectivity index (χ4v) is 2.55. The van der Waals surface area contributed by atoms with Gasteiger partial charge in [0.15, 0.2) is 18.1 Å². The van der Waals surface area contributed by atoms with E-state index in [1.807, 2.05) is 0 Å². The Hall–Kier alpha value is -3.28. The summed E-state index contributed by atoms with van der Waals surface area (Å²) in [5, 5.41) is 12.9. The number of amidine groups is 1. The quantitative estimate of drug-likeness (QED) is 0.273.